The number of aliphatic hydroxyl groups is 1. The molecule has 1 aliphatic rings. The predicted octanol–water partition coefficient (Wildman–Crippen LogP) is -7.44. The summed E-state index contributed by atoms with van der Waals surface area (Å²) in [6, 6.07) is -7.32. The highest BCUT2D eigenvalue weighted by Gasteiger charge is 2.41. The zero-order valence-electron chi connectivity index (χ0n) is 68.7. The fourth-order valence-corrected chi connectivity index (χ4v) is 13.1. The number of amides is 14. The number of phenols is 1. The Kier molecular flexibility index (Phi) is 48.7. The van der Waals surface area contributed by atoms with Gasteiger partial charge in [-0.05, 0) is 132 Å². The summed E-state index contributed by atoms with van der Waals surface area (Å²) in [5.74, 6) is -20.6. The van der Waals surface area contributed by atoms with Gasteiger partial charge in [0.15, 0.2) is 11.9 Å². The Morgan fingerprint density at radius 2 is 0.837 bits per heavy atom. The Balaban J connectivity index is 2.01. The quantitative estimate of drug-likeness (QED) is 0.0127. The molecule has 0 unspecified atom stereocenters. The van der Waals surface area contributed by atoms with E-state index in [9.17, 15) is 102 Å². The molecular formula is C76H121N23O22S2. The summed E-state index contributed by atoms with van der Waals surface area (Å²) in [5.41, 5.74) is 28.5. The average Bonchev–Trinajstić information content (AvgIpc) is 1.71. The van der Waals surface area contributed by atoms with Crippen LogP contribution >= 0.6 is 25.3 Å². The Hall–Kier alpha value is -11.7. The number of hydrogen-bond donors (Lipinski definition) is 29. The number of carbonyl (C=O) groups excluding carboxylic acids is 14. The van der Waals surface area contributed by atoms with Crippen molar-refractivity contribution in [1.29, 1.82) is 10.8 Å². The average molecular weight is 1770 g/mol. The number of nitrogens with zero attached hydrogens (tertiary/aromatic N) is 1. The van der Waals surface area contributed by atoms with E-state index in [0.29, 0.717) is 37.7 Å². The maximum atomic E-state index is 15.0. The number of thiol groups is 2. The van der Waals surface area contributed by atoms with E-state index in [1.54, 1.807) is 37.3 Å². The van der Waals surface area contributed by atoms with Gasteiger partial charge in [0, 0.05) is 56.8 Å². The minimum absolute atomic E-state index is 0.00201. The molecule has 0 saturated carbocycles. The number of aliphatic carboxylic acids is 3. The van der Waals surface area contributed by atoms with Crippen molar-refractivity contribution in [1.82, 2.24) is 84.7 Å². The summed E-state index contributed by atoms with van der Waals surface area (Å²) in [6.45, 7) is 1.70. The van der Waals surface area contributed by atoms with E-state index in [1.807, 2.05) is 6.92 Å². The van der Waals surface area contributed by atoms with E-state index < -0.39 is 242 Å². The van der Waals surface area contributed by atoms with Gasteiger partial charge in [0.1, 0.15) is 84.3 Å². The van der Waals surface area contributed by atoms with Crippen LogP contribution in [-0.4, -0.2) is 285 Å². The van der Waals surface area contributed by atoms with Crippen molar-refractivity contribution in [2.75, 3.05) is 63.9 Å². The molecule has 123 heavy (non-hydrogen) atoms. The number of aliphatic hydroxyl groups excluding tert-OH is 1. The van der Waals surface area contributed by atoms with Gasteiger partial charge in [-0.25, -0.2) is 4.79 Å². The van der Waals surface area contributed by atoms with E-state index in [4.69, 9.17) is 39.5 Å². The molecule has 32 N–H and O–H groups in total. The molecule has 14 atom stereocenters. The Labute approximate surface area is 721 Å². The molecule has 0 aliphatic carbocycles. The third-order valence-electron chi connectivity index (χ3n) is 19.6. The summed E-state index contributed by atoms with van der Waals surface area (Å²) in [7, 11) is 0. The highest BCUT2D eigenvalue weighted by atomic mass is 32.1. The standard InChI is InChI=1S/C76H121N23O22S2/c1-3-41(2)61(98-57(102)36-79)73(119)99-33-13-20-56(99)72(118)86-37-58(103)87-45(16-7-9-29-77)62(108)88-47(19-12-32-85-76(82)83)64(110)95-53(38-100)69(115)91-48(25-27-59(104)105)65(111)89-46(18-11-31-84-75(80)81)63(109)93-51(34-42-14-5-4-6-15-42)68(114)94-52(35-43-21-23-44(101)24-22-43)67(113)90-49(26-28-60(106)107)66(112)96-55(40-123)71(117)97-54(39-122)70(116)92-50(74(120)121)17-8-10-30-78/h4-6,14-15,21-24,41,45-56,61,100-101,122-123H,3,7-13,16-20,25-40,77-79H2,1-2H3,(H,86,118)(H,87,103)(H,88,108)(H,89,111)(H,90,113)(H,91,115)(H,92,116)(H,93,109)(H,94,114)(H,95,110)(H,96,112)(H,97,117)(H,98,102)(H,104,105)(H,106,107)(H,120,121)(H4,80,81,84)(H4,82,83,85)/t41-,45-,46-,47-,48-,49-,50-,51-,52-,53-,54-,55-,56-,61-/m0/s1. The van der Waals surface area contributed by atoms with Crippen LogP contribution in [0.5, 0.6) is 5.75 Å². The van der Waals surface area contributed by atoms with Crippen molar-refractivity contribution < 1.29 is 107 Å². The smallest absolute Gasteiger partial charge is 0.326 e. The minimum atomic E-state index is -2.00. The van der Waals surface area contributed by atoms with Crippen LogP contribution in [0, 0.1) is 16.7 Å². The molecule has 14 amide bonds. The number of carboxylic acid groups (broad SMARTS) is 3. The topological polar surface area (TPSA) is 753 Å². The highest BCUT2D eigenvalue weighted by molar-refractivity contribution is 7.80. The number of nitrogens with one attached hydrogen (secondary N) is 17. The summed E-state index contributed by atoms with van der Waals surface area (Å²) in [6.07, 6.45) is -2.09. The molecule has 47 heteroatoms. The van der Waals surface area contributed by atoms with Crippen LogP contribution in [-0.2, 0) is 94.3 Å². The maximum Gasteiger partial charge on any atom is 0.326 e. The van der Waals surface area contributed by atoms with Gasteiger partial charge in [-0.15, -0.1) is 0 Å². The normalized spacial score (nSPS) is 15.4. The first-order valence-corrected chi connectivity index (χ1v) is 41.5. The molecule has 1 aliphatic heterocycles. The second kappa shape index (κ2) is 56.8. The third-order valence-corrected chi connectivity index (χ3v) is 20.3. The van der Waals surface area contributed by atoms with E-state index >= 15 is 4.79 Å². The van der Waals surface area contributed by atoms with Crippen molar-refractivity contribution in [3.63, 3.8) is 0 Å². The van der Waals surface area contributed by atoms with E-state index in [1.165, 1.54) is 29.2 Å². The molecule has 0 spiro atoms. The van der Waals surface area contributed by atoms with Gasteiger partial charge in [0.05, 0.1) is 19.7 Å². The Morgan fingerprint density at radius 1 is 0.463 bits per heavy atom. The van der Waals surface area contributed by atoms with Crippen LogP contribution in [0.4, 0.5) is 0 Å². The van der Waals surface area contributed by atoms with Crippen LogP contribution in [0.15, 0.2) is 54.6 Å². The van der Waals surface area contributed by atoms with Crippen LogP contribution in [0.3, 0.4) is 0 Å². The fourth-order valence-electron chi connectivity index (χ4n) is 12.6. The minimum Gasteiger partial charge on any atom is -0.508 e. The molecule has 45 nitrogen and oxygen atoms in total. The molecule has 1 fully saturated rings. The van der Waals surface area contributed by atoms with Crippen LogP contribution < -0.4 is 108 Å². The molecule has 0 radical (unpaired) electrons. The molecule has 3 rings (SSSR count). The summed E-state index contributed by atoms with van der Waals surface area (Å²) < 4.78 is 0. The van der Waals surface area contributed by atoms with Gasteiger partial charge in [0.25, 0.3) is 0 Å². The second-order valence-corrected chi connectivity index (χ2v) is 29.8. The number of phenolic OH excluding ortho intramolecular Hbond substituents is 1. The summed E-state index contributed by atoms with van der Waals surface area (Å²) in [5, 5.41) is 103. The van der Waals surface area contributed by atoms with Gasteiger partial charge in [0.2, 0.25) is 82.7 Å². The van der Waals surface area contributed by atoms with Gasteiger partial charge >= 0.3 is 17.9 Å². The number of aromatic hydroxyl groups is 1. The number of nitrogens with two attached hydrogens (primary N) is 5. The highest BCUT2D eigenvalue weighted by Crippen LogP contribution is 2.22. The number of likely N-dealkylation sites (tertiary alicyclic amines) is 1. The Bertz CT molecular complexity index is 3900. The lowest BCUT2D eigenvalue weighted by Crippen LogP contribution is -2.61. The van der Waals surface area contributed by atoms with Gasteiger partial charge in [-0.2, -0.15) is 25.3 Å². The predicted molar refractivity (Wildman–Crippen MR) is 452 cm³/mol. The first-order valence-electron chi connectivity index (χ1n) is 40.2. The van der Waals surface area contributed by atoms with E-state index in [2.05, 4.69) is 105 Å². The number of guanidine groups is 2. The van der Waals surface area contributed by atoms with Crippen LogP contribution in [0.2, 0.25) is 0 Å². The number of rotatable bonds is 59. The number of carboxylic acids is 3. The van der Waals surface area contributed by atoms with Crippen molar-refractivity contribution >= 4 is 138 Å². The zero-order chi connectivity index (χ0) is 91.8. The van der Waals surface area contributed by atoms with E-state index in [0.717, 1.165) is 0 Å². The zero-order valence-corrected chi connectivity index (χ0v) is 70.5. The second-order valence-electron chi connectivity index (χ2n) is 29.1. The fraction of sp³-hybridized carbons (Fsp3) is 0.592. The molecule has 2 aromatic rings. The number of unbranched alkanes of at least 4 members (excludes halogenated alkanes) is 2. The number of hydrogen-bond acceptors (Lipinski definition) is 26. The van der Waals surface area contributed by atoms with Crippen molar-refractivity contribution in [3.05, 3.63) is 65.7 Å². The largest absolute Gasteiger partial charge is 0.508 e. The SMILES string of the molecule is CC[C@H](C)[C@H](NC(=O)CN)C(=O)N1CCC[C@H]1C(=O)NCC(=O)N[C@@H](CCCCN)C(=O)N[C@@H](CCCNC(=N)N)C(=O)N[C@@H](CO)C(=O)N[C@@H](CCC(=O)O)C(=O)N[C@@H](CCCNC(=N)N)C(=O)N[C@@H](Cc1ccccc1)C(=O)N[C@@H](Cc1ccc(O)cc1)C(=O)N[C@@H](CCC(=O)O)C(=O)N[C@@H](CS)C(=O)N[C@@H](CS)C(=O)N[C@@H](CCCCN)C(=O)O. The molecule has 0 bridgehead atoms. The molecule has 684 valence electrons. The Morgan fingerprint density at radius 3 is 1.24 bits per heavy atom. The van der Waals surface area contributed by atoms with Crippen LogP contribution in [0.1, 0.15) is 134 Å². The first-order chi connectivity index (χ1) is 58.4. The van der Waals surface area contributed by atoms with Crippen molar-refractivity contribution in [2.24, 2.45) is 34.6 Å². The molecule has 1 heterocycles. The van der Waals surface area contributed by atoms with Gasteiger partial charge < -0.3 is 139 Å². The third kappa shape index (κ3) is 39.4. The number of carbonyl (C=O) groups is 17. The van der Waals surface area contributed by atoms with E-state index in [-0.39, 0.29) is 120 Å². The summed E-state index contributed by atoms with van der Waals surface area (Å²) >= 11 is 8.32. The summed E-state index contributed by atoms with van der Waals surface area (Å²) in [4.78, 5) is 235. The van der Waals surface area contributed by atoms with Gasteiger partial charge in [-0.1, -0.05) is 62.7 Å². The first kappa shape index (κ1) is 105. The van der Waals surface area contributed by atoms with Crippen molar-refractivity contribution in [3.8, 4) is 5.75 Å². The number of benzene rings is 2. The molecule has 0 aromatic heterocycles. The van der Waals surface area contributed by atoms with Crippen molar-refractivity contribution in [2.45, 2.75) is 214 Å². The monoisotopic (exact) mass is 1770 g/mol. The lowest BCUT2D eigenvalue weighted by molar-refractivity contribution is -0.142. The maximum absolute atomic E-state index is 15.0. The van der Waals surface area contributed by atoms with Gasteiger partial charge in [-0.3, -0.25) is 87.5 Å². The molecule has 1 saturated heterocycles. The lowest BCUT2D eigenvalue weighted by Gasteiger charge is -2.31. The lowest BCUT2D eigenvalue weighted by atomic mass is 9.97. The molecule has 2 aromatic carbocycles. The van der Waals surface area contributed by atoms with Crippen LogP contribution in [0.25, 0.3) is 0 Å². The molecular weight excluding hydrogens is 1650 g/mol.